The first-order valence-electron chi connectivity index (χ1n) is 9.26. The molecule has 0 bridgehead atoms. The molecule has 1 N–H and O–H groups in total. The Morgan fingerprint density at radius 2 is 2.07 bits per heavy atom. The number of nitrogens with zero attached hydrogens (tertiary/aromatic N) is 5. The van der Waals surface area contributed by atoms with E-state index in [1.807, 2.05) is 30.0 Å². The number of imidazole rings is 1. The van der Waals surface area contributed by atoms with Gasteiger partial charge in [0.15, 0.2) is 5.65 Å². The lowest BCUT2D eigenvalue weighted by Crippen LogP contribution is -2.50. The molecule has 1 fully saturated rings. The van der Waals surface area contributed by atoms with Gasteiger partial charge in [0.05, 0.1) is 18.7 Å². The number of piperazine rings is 1. The summed E-state index contributed by atoms with van der Waals surface area (Å²) in [6.07, 6.45) is 1.55. The topological polar surface area (TPSA) is 87.2 Å². The zero-order valence-corrected chi connectivity index (χ0v) is 17.7. The second-order valence-corrected chi connectivity index (χ2v) is 8.34. The molecule has 2 aromatic heterocycles. The highest BCUT2D eigenvalue weighted by atomic mass is 35.5. The van der Waals surface area contributed by atoms with Gasteiger partial charge < -0.3 is 19.5 Å². The molecule has 152 valence electrons. The summed E-state index contributed by atoms with van der Waals surface area (Å²) in [6, 6.07) is 7.99. The van der Waals surface area contributed by atoms with E-state index in [1.165, 1.54) is 11.8 Å². The molecule has 0 saturated carbocycles. The molecule has 0 aliphatic carbocycles. The number of aromatic amines is 1. The monoisotopic (exact) mass is 432 g/mol. The molecule has 1 saturated heterocycles. The number of halogens is 1. The summed E-state index contributed by atoms with van der Waals surface area (Å²) in [6.45, 7) is 4.79. The fourth-order valence-corrected chi connectivity index (χ4v) is 4.54. The fraction of sp³-hybridized carbons (Fsp3) is 0.368. The number of hydrogen-bond acceptors (Lipinski definition) is 7. The SMILES string of the molecule is COc1cccc(N2CCN(C(=O)[C@@H](C)Sc3nc(Cl)nc4nc[nH]c34)CC2)c1. The molecule has 1 aromatic carbocycles. The lowest BCUT2D eigenvalue weighted by molar-refractivity contribution is -0.130. The normalized spacial score (nSPS) is 15.6. The maximum atomic E-state index is 13.0. The number of methoxy groups -OCH3 is 1. The minimum atomic E-state index is -0.296. The Kier molecular flexibility index (Phi) is 5.77. The number of fused-ring (bicyclic) bond motifs is 1. The van der Waals surface area contributed by atoms with Crippen LogP contribution in [0.3, 0.4) is 0 Å². The summed E-state index contributed by atoms with van der Waals surface area (Å²) in [5.74, 6) is 0.919. The summed E-state index contributed by atoms with van der Waals surface area (Å²) < 4.78 is 5.31. The average Bonchev–Trinajstić information content (AvgIpc) is 3.22. The quantitative estimate of drug-likeness (QED) is 0.377. The van der Waals surface area contributed by atoms with Gasteiger partial charge in [-0.25, -0.2) is 9.97 Å². The van der Waals surface area contributed by atoms with E-state index in [0.29, 0.717) is 29.3 Å². The molecule has 0 spiro atoms. The number of carbonyl (C=O) groups excluding carboxylic acids is 1. The number of amides is 1. The summed E-state index contributed by atoms with van der Waals surface area (Å²) in [4.78, 5) is 32.6. The van der Waals surface area contributed by atoms with Crippen molar-refractivity contribution in [1.29, 1.82) is 0 Å². The first-order valence-corrected chi connectivity index (χ1v) is 10.5. The first kappa shape index (κ1) is 19.8. The van der Waals surface area contributed by atoms with Crippen LogP contribution >= 0.6 is 23.4 Å². The van der Waals surface area contributed by atoms with E-state index in [2.05, 4.69) is 30.9 Å². The highest BCUT2D eigenvalue weighted by Gasteiger charge is 2.27. The van der Waals surface area contributed by atoms with Crippen molar-refractivity contribution in [2.45, 2.75) is 17.2 Å². The van der Waals surface area contributed by atoms with E-state index in [4.69, 9.17) is 16.3 Å². The third kappa shape index (κ3) is 4.25. The number of thioether (sulfide) groups is 1. The van der Waals surface area contributed by atoms with Crippen molar-refractivity contribution >= 4 is 46.1 Å². The van der Waals surface area contributed by atoms with E-state index in [-0.39, 0.29) is 16.4 Å². The first-order chi connectivity index (χ1) is 14.0. The summed E-state index contributed by atoms with van der Waals surface area (Å²) in [5, 5.41) is 0.461. The van der Waals surface area contributed by atoms with Gasteiger partial charge in [-0.05, 0) is 30.7 Å². The number of carbonyl (C=O) groups is 1. The number of ether oxygens (including phenoxy) is 1. The van der Waals surface area contributed by atoms with E-state index < -0.39 is 0 Å². The van der Waals surface area contributed by atoms with E-state index >= 15 is 0 Å². The van der Waals surface area contributed by atoms with Crippen molar-refractivity contribution < 1.29 is 9.53 Å². The predicted octanol–water partition coefficient (Wildman–Crippen LogP) is 2.84. The maximum Gasteiger partial charge on any atom is 0.235 e. The van der Waals surface area contributed by atoms with Crippen molar-refractivity contribution in [3.8, 4) is 5.75 Å². The molecule has 10 heteroatoms. The van der Waals surface area contributed by atoms with Crippen LogP contribution in [0.15, 0.2) is 35.6 Å². The summed E-state index contributed by atoms with van der Waals surface area (Å²) in [7, 11) is 1.66. The molecule has 3 heterocycles. The lowest BCUT2D eigenvalue weighted by Gasteiger charge is -2.37. The van der Waals surface area contributed by atoms with Gasteiger partial charge >= 0.3 is 0 Å². The van der Waals surface area contributed by atoms with Crippen LogP contribution in [-0.2, 0) is 4.79 Å². The van der Waals surface area contributed by atoms with Crippen molar-refractivity contribution in [2.75, 3.05) is 38.2 Å². The fourth-order valence-electron chi connectivity index (χ4n) is 3.33. The van der Waals surface area contributed by atoms with Gasteiger partial charge in [-0.1, -0.05) is 17.8 Å². The Labute approximate surface area is 177 Å². The van der Waals surface area contributed by atoms with Crippen LogP contribution in [-0.4, -0.2) is 69.3 Å². The van der Waals surface area contributed by atoms with E-state index in [1.54, 1.807) is 13.4 Å². The molecule has 0 radical (unpaired) electrons. The number of nitrogens with one attached hydrogen (secondary N) is 1. The number of anilines is 1. The molecule has 1 atom stereocenters. The predicted molar refractivity (Wildman–Crippen MR) is 114 cm³/mol. The highest BCUT2D eigenvalue weighted by Crippen LogP contribution is 2.29. The van der Waals surface area contributed by atoms with Crippen molar-refractivity contribution in [1.82, 2.24) is 24.8 Å². The largest absolute Gasteiger partial charge is 0.497 e. The highest BCUT2D eigenvalue weighted by molar-refractivity contribution is 8.00. The second-order valence-electron chi connectivity index (χ2n) is 6.67. The Morgan fingerprint density at radius 3 is 2.83 bits per heavy atom. The summed E-state index contributed by atoms with van der Waals surface area (Å²) in [5.41, 5.74) is 2.30. The van der Waals surface area contributed by atoms with Gasteiger partial charge in [-0.2, -0.15) is 4.98 Å². The molecular weight excluding hydrogens is 412 g/mol. The third-order valence-corrected chi connectivity index (χ3v) is 6.11. The van der Waals surface area contributed by atoms with Crippen LogP contribution in [0.1, 0.15) is 6.92 Å². The van der Waals surface area contributed by atoms with Gasteiger partial charge in [0.25, 0.3) is 0 Å². The Balaban J connectivity index is 1.39. The smallest absolute Gasteiger partial charge is 0.235 e. The van der Waals surface area contributed by atoms with Crippen LogP contribution in [0, 0.1) is 0 Å². The van der Waals surface area contributed by atoms with Crippen molar-refractivity contribution in [3.63, 3.8) is 0 Å². The van der Waals surface area contributed by atoms with Crippen LogP contribution in [0.25, 0.3) is 11.2 Å². The number of hydrogen-bond donors (Lipinski definition) is 1. The molecule has 3 aromatic rings. The lowest BCUT2D eigenvalue weighted by atomic mass is 10.2. The van der Waals surface area contributed by atoms with Gasteiger partial charge in [-0.3, -0.25) is 4.79 Å². The van der Waals surface area contributed by atoms with Gasteiger partial charge in [0, 0.05) is 37.9 Å². The van der Waals surface area contributed by atoms with Gasteiger partial charge in [0.1, 0.15) is 16.3 Å². The van der Waals surface area contributed by atoms with E-state index in [0.717, 1.165) is 24.5 Å². The van der Waals surface area contributed by atoms with Crippen LogP contribution < -0.4 is 9.64 Å². The number of H-pyrrole nitrogens is 1. The molecule has 1 aliphatic rings. The van der Waals surface area contributed by atoms with Crippen LogP contribution in [0.4, 0.5) is 5.69 Å². The Hall–Kier alpha value is -2.52. The summed E-state index contributed by atoms with van der Waals surface area (Å²) >= 11 is 7.36. The minimum Gasteiger partial charge on any atom is -0.497 e. The van der Waals surface area contributed by atoms with Gasteiger partial charge in [0.2, 0.25) is 11.2 Å². The number of benzene rings is 1. The Bertz CT molecular complexity index is 1020. The molecule has 0 unspecified atom stereocenters. The second kappa shape index (κ2) is 8.46. The van der Waals surface area contributed by atoms with Crippen molar-refractivity contribution in [2.24, 2.45) is 0 Å². The maximum absolute atomic E-state index is 13.0. The molecule has 1 aliphatic heterocycles. The van der Waals surface area contributed by atoms with Crippen LogP contribution in [0.2, 0.25) is 5.28 Å². The zero-order chi connectivity index (χ0) is 20.4. The molecule has 4 rings (SSSR count). The van der Waals surface area contributed by atoms with Crippen molar-refractivity contribution in [3.05, 3.63) is 35.9 Å². The van der Waals surface area contributed by atoms with Crippen LogP contribution in [0.5, 0.6) is 5.75 Å². The average molecular weight is 433 g/mol. The van der Waals surface area contributed by atoms with E-state index in [9.17, 15) is 4.79 Å². The third-order valence-electron chi connectivity index (χ3n) is 4.87. The molecule has 29 heavy (non-hydrogen) atoms. The van der Waals surface area contributed by atoms with Gasteiger partial charge in [-0.15, -0.1) is 0 Å². The number of rotatable bonds is 5. The Morgan fingerprint density at radius 1 is 1.28 bits per heavy atom. The number of aromatic nitrogens is 4. The molecule has 8 nitrogen and oxygen atoms in total. The zero-order valence-electron chi connectivity index (χ0n) is 16.1. The molecule has 1 amide bonds. The molecular formula is C19H21ClN6O2S. The standard InChI is InChI=1S/C19H21ClN6O2S/c1-12(29-17-15-16(22-11-21-15)23-19(20)24-17)18(27)26-8-6-25(7-9-26)13-4-3-5-14(10-13)28-2/h3-5,10-12H,6-9H2,1-2H3,(H,21,22,23,24)/t12-/m1/s1. The minimum absolute atomic E-state index is 0.0858.